The number of nitrogens with one attached hydrogen (secondary N) is 3. The first-order valence-corrected chi connectivity index (χ1v) is 11.5. The lowest BCUT2D eigenvalue weighted by Gasteiger charge is -2.19. The molecule has 164 valence electrons. The fourth-order valence-corrected chi connectivity index (χ4v) is 4.21. The number of ether oxygens (including phenoxy) is 1. The van der Waals surface area contributed by atoms with E-state index in [0.717, 1.165) is 15.6 Å². The second kappa shape index (κ2) is 11.8. The lowest BCUT2D eigenvalue weighted by molar-refractivity contribution is -0.124. The molecule has 0 spiro atoms. The van der Waals surface area contributed by atoms with Gasteiger partial charge in [-0.3, -0.25) is 20.4 Å². The summed E-state index contributed by atoms with van der Waals surface area (Å²) in [6, 6.07) is 24.1. The standard InChI is InChI=1S/C23H19Br2N3O3S/c24-17-11-12-19(18(25)13-17)31-14-20(29)27-28-23(32)26-22(30)21(15-7-3-1-4-8-15)16-9-5-2-6-10-16/h1-13,21H,14H2,(H,27,29)(H2,26,28,30,32). The smallest absolute Gasteiger partial charge is 0.276 e. The Labute approximate surface area is 208 Å². The van der Waals surface area contributed by atoms with Crippen molar-refractivity contribution in [2.24, 2.45) is 0 Å². The zero-order valence-corrected chi connectivity index (χ0v) is 20.7. The number of hydrogen-bond donors (Lipinski definition) is 3. The van der Waals surface area contributed by atoms with Crippen LogP contribution >= 0.6 is 44.1 Å². The summed E-state index contributed by atoms with van der Waals surface area (Å²) in [5.74, 6) is -0.804. The molecule has 0 bridgehead atoms. The molecule has 0 saturated heterocycles. The van der Waals surface area contributed by atoms with E-state index in [0.29, 0.717) is 10.2 Å². The first-order chi connectivity index (χ1) is 15.4. The molecule has 0 aromatic heterocycles. The van der Waals surface area contributed by atoms with Gasteiger partial charge in [-0.2, -0.15) is 0 Å². The van der Waals surface area contributed by atoms with Crippen molar-refractivity contribution in [2.45, 2.75) is 5.92 Å². The van der Waals surface area contributed by atoms with Crippen LogP contribution in [0.1, 0.15) is 17.0 Å². The Morgan fingerprint density at radius 3 is 2.03 bits per heavy atom. The molecule has 0 saturated carbocycles. The van der Waals surface area contributed by atoms with E-state index in [2.05, 4.69) is 48.0 Å². The van der Waals surface area contributed by atoms with E-state index in [-0.39, 0.29) is 17.6 Å². The summed E-state index contributed by atoms with van der Waals surface area (Å²) in [4.78, 5) is 25.1. The highest BCUT2D eigenvalue weighted by molar-refractivity contribution is 9.11. The first-order valence-electron chi connectivity index (χ1n) is 9.51. The van der Waals surface area contributed by atoms with E-state index in [4.69, 9.17) is 17.0 Å². The summed E-state index contributed by atoms with van der Waals surface area (Å²) < 4.78 is 7.06. The van der Waals surface area contributed by atoms with Crippen LogP contribution in [0.2, 0.25) is 0 Å². The molecule has 0 atom stereocenters. The third-order valence-electron chi connectivity index (χ3n) is 4.33. The van der Waals surface area contributed by atoms with Crippen LogP contribution in [0, 0.1) is 0 Å². The zero-order chi connectivity index (χ0) is 22.9. The Bertz CT molecular complexity index is 1060. The molecule has 6 nitrogen and oxygen atoms in total. The van der Waals surface area contributed by atoms with Gasteiger partial charge in [-0.05, 0) is 57.5 Å². The van der Waals surface area contributed by atoms with Crippen LogP contribution < -0.4 is 20.9 Å². The van der Waals surface area contributed by atoms with E-state index in [1.807, 2.05) is 66.7 Å². The number of halogens is 2. The number of carbonyl (C=O) groups excluding carboxylic acids is 2. The van der Waals surface area contributed by atoms with Gasteiger partial charge >= 0.3 is 0 Å². The Hall–Kier alpha value is -2.75. The number of rotatable bonds is 6. The Morgan fingerprint density at radius 2 is 1.47 bits per heavy atom. The third kappa shape index (κ3) is 6.88. The molecule has 0 aliphatic rings. The van der Waals surface area contributed by atoms with Crippen molar-refractivity contribution >= 4 is 61.0 Å². The molecule has 2 amide bonds. The highest BCUT2D eigenvalue weighted by Crippen LogP contribution is 2.28. The highest BCUT2D eigenvalue weighted by atomic mass is 79.9. The fourth-order valence-electron chi connectivity index (χ4n) is 2.90. The predicted octanol–water partition coefficient (Wildman–Crippen LogP) is 4.44. The Kier molecular flexibility index (Phi) is 8.78. The lowest BCUT2D eigenvalue weighted by atomic mass is 9.90. The lowest BCUT2D eigenvalue weighted by Crippen LogP contribution is -2.50. The number of carbonyl (C=O) groups is 2. The fraction of sp³-hybridized carbons (Fsp3) is 0.0870. The summed E-state index contributed by atoms with van der Waals surface area (Å²) >= 11 is 11.9. The predicted molar refractivity (Wildman–Crippen MR) is 134 cm³/mol. The van der Waals surface area contributed by atoms with Crippen LogP contribution in [0.4, 0.5) is 0 Å². The minimum absolute atomic E-state index is 0.0231. The molecule has 0 aliphatic heterocycles. The molecule has 9 heteroatoms. The van der Waals surface area contributed by atoms with Gasteiger partial charge in [0.2, 0.25) is 5.91 Å². The number of hydrogen-bond acceptors (Lipinski definition) is 4. The van der Waals surface area contributed by atoms with Crippen LogP contribution in [0.15, 0.2) is 87.8 Å². The molecule has 0 unspecified atom stereocenters. The normalized spacial score (nSPS) is 10.3. The minimum atomic E-state index is -0.550. The molecule has 3 N–H and O–H groups in total. The van der Waals surface area contributed by atoms with Crippen LogP contribution in [0.5, 0.6) is 5.75 Å². The van der Waals surface area contributed by atoms with Gasteiger partial charge in [-0.25, -0.2) is 0 Å². The summed E-state index contributed by atoms with van der Waals surface area (Å²) in [5, 5.41) is 2.61. The van der Waals surface area contributed by atoms with Gasteiger partial charge in [0.1, 0.15) is 5.75 Å². The van der Waals surface area contributed by atoms with E-state index in [1.165, 1.54) is 0 Å². The topological polar surface area (TPSA) is 79.5 Å². The average molecular weight is 577 g/mol. The van der Waals surface area contributed by atoms with Gasteiger partial charge in [0.25, 0.3) is 5.91 Å². The molecule has 32 heavy (non-hydrogen) atoms. The van der Waals surface area contributed by atoms with E-state index in [9.17, 15) is 9.59 Å². The van der Waals surface area contributed by atoms with Crippen molar-refractivity contribution < 1.29 is 14.3 Å². The van der Waals surface area contributed by atoms with E-state index >= 15 is 0 Å². The molecule has 3 rings (SSSR count). The maximum absolute atomic E-state index is 13.0. The quantitative estimate of drug-likeness (QED) is 0.299. The minimum Gasteiger partial charge on any atom is -0.483 e. The van der Waals surface area contributed by atoms with E-state index < -0.39 is 11.8 Å². The molecule has 0 radical (unpaired) electrons. The van der Waals surface area contributed by atoms with Gasteiger partial charge in [-0.1, -0.05) is 76.6 Å². The van der Waals surface area contributed by atoms with Crippen molar-refractivity contribution in [3.05, 3.63) is 98.9 Å². The van der Waals surface area contributed by atoms with Crippen molar-refractivity contribution in [3.8, 4) is 5.75 Å². The highest BCUT2D eigenvalue weighted by Gasteiger charge is 2.23. The second-order valence-electron chi connectivity index (χ2n) is 6.61. The second-order valence-corrected chi connectivity index (χ2v) is 8.79. The molecular weight excluding hydrogens is 558 g/mol. The maximum Gasteiger partial charge on any atom is 0.276 e. The maximum atomic E-state index is 13.0. The number of hydrazine groups is 1. The van der Waals surface area contributed by atoms with Crippen LogP contribution in [-0.2, 0) is 9.59 Å². The van der Waals surface area contributed by atoms with Crippen LogP contribution in [0.3, 0.4) is 0 Å². The molecular formula is C23H19Br2N3O3S. The first kappa shape index (κ1) is 23.9. The Balaban J connectivity index is 1.54. The summed E-state index contributed by atoms with van der Waals surface area (Å²) in [6.07, 6.45) is 0. The zero-order valence-electron chi connectivity index (χ0n) is 16.7. The van der Waals surface area contributed by atoms with Gasteiger partial charge < -0.3 is 10.1 Å². The Morgan fingerprint density at radius 1 is 0.875 bits per heavy atom. The van der Waals surface area contributed by atoms with E-state index in [1.54, 1.807) is 12.1 Å². The molecule has 0 heterocycles. The van der Waals surface area contributed by atoms with Crippen LogP contribution in [0.25, 0.3) is 0 Å². The summed E-state index contributed by atoms with van der Waals surface area (Å²) in [7, 11) is 0. The third-order valence-corrected chi connectivity index (χ3v) is 5.65. The van der Waals surface area contributed by atoms with Gasteiger partial charge in [0.05, 0.1) is 10.4 Å². The van der Waals surface area contributed by atoms with Gasteiger partial charge in [0.15, 0.2) is 11.7 Å². The van der Waals surface area contributed by atoms with Gasteiger partial charge in [0, 0.05) is 4.47 Å². The molecule has 3 aromatic rings. The van der Waals surface area contributed by atoms with Crippen molar-refractivity contribution in [3.63, 3.8) is 0 Å². The van der Waals surface area contributed by atoms with Crippen molar-refractivity contribution in [1.82, 2.24) is 16.2 Å². The van der Waals surface area contributed by atoms with Crippen LogP contribution in [-0.4, -0.2) is 23.5 Å². The number of amides is 2. The summed E-state index contributed by atoms with van der Waals surface area (Å²) in [6.45, 7) is -0.236. The monoisotopic (exact) mass is 575 g/mol. The largest absolute Gasteiger partial charge is 0.483 e. The van der Waals surface area contributed by atoms with Crippen molar-refractivity contribution in [1.29, 1.82) is 0 Å². The van der Waals surface area contributed by atoms with Gasteiger partial charge in [-0.15, -0.1) is 0 Å². The number of thiocarbonyl (C=S) groups is 1. The SMILES string of the molecule is O=C(COc1ccc(Br)cc1Br)NNC(=S)NC(=O)C(c1ccccc1)c1ccccc1. The molecule has 3 aromatic carbocycles. The average Bonchev–Trinajstić information content (AvgIpc) is 2.79. The molecule has 0 aliphatic carbocycles. The number of benzene rings is 3. The molecule has 0 fully saturated rings. The summed E-state index contributed by atoms with van der Waals surface area (Å²) in [5.41, 5.74) is 6.61. The van der Waals surface area contributed by atoms with Crippen molar-refractivity contribution in [2.75, 3.05) is 6.61 Å².